The maximum atomic E-state index is 9.33. The molecule has 0 saturated heterocycles. The Morgan fingerprint density at radius 1 is 1.12 bits per heavy atom. The number of nitrogens with one attached hydrogen (secondary N) is 1. The first-order valence-corrected chi connectivity index (χ1v) is 8.67. The van der Waals surface area contributed by atoms with Gasteiger partial charge in [-0.1, -0.05) is 35.9 Å². The number of aliphatic imine (C=N–C) groups is 1. The molecule has 0 aromatic heterocycles. The van der Waals surface area contributed by atoms with Gasteiger partial charge in [-0.15, -0.1) is 0 Å². The summed E-state index contributed by atoms with van der Waals surface area (Å²) in [6, 6.07) is 15.3. The monoisotopic (exact) mass is 372 g/mol. The number of halogens is 2. The zero-order valence-corrected chi connectivity index (χ0v) is 14.8. The summed E-state index contributed by atoms with van der Waals surface area (Å²) in [5, 5.41) is 10.7. The number of aliphatic hydroxyl groups excluding tert-OH is 1. The van der Waals surface area contributed by atoms with Crippen molar-refractivity contribution in [3.8, 4) is 0 Å². The average molecular weight is 373 g/mol. The summed E-state index contributed by atoms with van der Waals surface area (Å²) in [6.45, 7) is 0.663. The highest BCUT2D eigenvalue weighted by Crippen LogP contribution is 2.26. The summed E-state index contributed by atoms with van der Waals surface area (Å²) in [6.07, 6.45) is 3.96. The molecule has 2 aromatic rings. The molecule has 4 nitrogen and oxygen atoms in total. The maximum Gasteiger partial charge on any atom is 0.235 e. The maximum absolute atomic E-state index is 9.33. The lowest BCUT2D eigenvalue weighted by molar-refractivity contribution is -0.749. The molecule has 0 fully saturated rings. The summed E-state index contributed by atoms with van der Waals surface area (Å²) in [5.74, 6) is 0.893. The Morgan fingerprint density at radius 3 is 2.68 bits per heavy atom. The summed E-state index contributed by atoms with van der Waals surface area (Å²) in [5.41, 5.74) is 3.62. The van der Waals surface area contributed by atoms with E-state index in [2.05, 4.69) is 9.89 Å². The van der Waals surface area contributed by atoms with E-state index in [1.807, 2.05) is 60.8 Å². The second kappa shape index (κ2) is 6.65. The van der Waals surface area contributed by atoms with Gasteiger partial charge in [-0.3, -0.25) is 4.90 Å². The van der Waals surface area contributed by atoms with Crippen LogP contribution in [0.5, 0.6) is 0 Å². The predicted molar refractivity (Wildman–Crippen MR) is 101 cm³/mol. The molecule has 0 bridgehead atoms. The molecule has 0 amide bonds. The molecule has 6 heteroatoms. The smallest absolute Gasteiger partial charge is 0.235 e. The predicted octanol–water partition coefficient (Wildman–Crippen LogP) is 2.99. The van der Waals surface area contributed by atoms with Crippen LogP contribution in [-0.2, 0) is 6.61 Å². The number of hydrogen-bond donors (Lipinski definition) is 2. The first-order valence-electron chi connectivity index (χ1n) is 7.91. The number of anilines is 1. The molecule has 0 aliphatic carbocycles. The minimum atomic E-state index is 0.0239. The number of hydrogen-bond acceptors (Lipinski definition) is 3. The van der Waals surface area contributed by atoms with Gasteiger partial charge in [-0.2, -0.15) is 4.99 Å². The molecule has 1 atom stereocenters. The van der Waals surface area contributed by atoms with Crippen LogP contribution in [-0.4, -0.2) is 17.6 Å². The highest BCUT2D eigenvalue weighted by molar-refractivity contribution is 6.33. The SMILES string of the molecule is OCc1cccc(N2C=CC3=NC(c4ccc(Cl)cc4)=C(Cl)[NH+]3C2)c1. The first kappa shape index (κ1) is 16.4. The van der Waals surface area contributed by atoms with Gasteiger partial charge in [0.1, 0.15) is 0 Å². The molecular weight excluding hydrogens is 357 g/mol. The summed E-state index contributed by atoms with van der Waals surface area (Å²) in [7, 11) is 0. The van der Waals surface area contributed by atoms with E-state index in [-0.39, 0.29) is 6.61 Å². The molecular formula is C19H16Cl2N3O+. The molecule has 2 aromatic carbocycles. The van der Waals surface area contributed by atoms with Crippen molar-refractivity contribution in [1.82, 2.24) is 0 Å². The van der Waals surface area contributed by atoms with Gasteiger partial charge in [0.15, 0.2) is 12.4 Å². The van der Waals surface area contributed by atoms with Gasteiger partial charge >= 0.3 is 0 Å². The second-order valence-electron chi connectivity index (χ2n) is 5.92. The number of fused-ring (bicyclic) bond motifs is 1. The van der Waals surface area contributed by atoms with Crippen LogP contribution in [0.15, 0.2) is 71.0 Å². The standard InChI is InChI=1S/C19H15Cl2N3O/c20-15-6-4-14(5-7-15)18-19(21)24-12-23(9-8-17(24)22-18)16-3-1-2-13(10-16)11-25/h1-10,25H,11-12H2/p+1. The van der Waals surface area contributed by atoms with Crippen LogP contribution < -0.4 is 9.80 Å². The molecule has 2 heterocycles. The van der Waals surface area contributed by atoms with Gasteiger partial charge in [0.2, 0.25) is 11.0 Å². The molecule has 0 saturated carbocycles. The fraction of sp³-hybridized carbons (Fsp3) is 0.105. The van der Waals surface area contributed by atoms with Crippen LogP contribution in [0.3, 0.4) is 0 Å². The van der Waals surface area contributed by atoms with E-state index in [1.54, 1.807) is 0 Å². The van der Waals surface area contributed by atoms with Crippen molar-refractivity contribution in [2.45, 2.75) is 6.61 Å². The Kier molecular flexibility index (Phi) is 4.36. The quantitative estimate of drug-likeness (QED) is 0.813. The molecule has 2 aliphatic heterocycles. The van der Waals surface area contributed by atoms with Crippen molar-refractivity contribution in [1.29, 1.82) is 0 Å². The zero-order chi connectivity index (χ0) is 17.4. The van der Waals surface area contributed by atoms with Gasteiger partial charge in [-0.25, -0.2) is 4.90 Å². The number of rotatable bonds is 3. The number of quaternary nitrogens is 1. The van der Waals surface area contributed by atoms with Gasteiger partial charge in [-0.05, 0) is 41.4 Å². The van der Waals surface area contributed by atoms with Crippen LogP contribution in [0.1, 0.15) is 11.1 Å². The summed E-state index contributed by atoms with van der Waals surface area (Å²) < 4.78 is 0. The molecule has 4 rings (SSSR count). The van der Waals surface area contributed by atoms with E-state index >= 15 is 0 Å². The third-order valence-electron chi connectivity index (χ3n) is 4.30. The largest absolute Gasteiger partial charge is 0.392 e. The van der Waals surface area contributed by atoms with Crippen molar-refractivity contribution in [3.63, 3.8) is 0 Å². The van der Waals surface area contributed by atoms with Crippen LogP contribution >= 0.6 is 23.2 Å². The zero-order valence-electron chi connectivity index (χ0n) is 13.3. The van der Waals surface area contributed by atoms with Gasteiger partial charge in [0.05, 0.1) is 6.61 Å². The van der Waals surface area contributed by atoms with Crippen LogP contribution in [0.25, 0.3) is 5.70 Å². The molecule has 2 aliphatic rings. The average Bonchev–Trinajstić information content (AvgIpc) is 2.98. The fourth-order valence-corrected chi connectivity index (χ4v) is 3.41. The lowest BCUT2D eigenvalue weighted by Crippen LogP contribution is -3.13. The third-order valence-corrected chi connectivity index (χ3v) is 4.96. The van der Waals surface area contributed by atoms with Crippen molar-refractivity contribution >= 4 is 40.4 Å². The van der Waals surface area contributed by atoms with Gasteiger partial charge < -0.3 is 5.11 Å². The number of aliphatic hydroxyl groups is 1. The highest BCUT2D eigenvalue weighted by atomic mass is 35.5. The van der Waals surface area contributed by atoms with Crippen molar-refractivity contribution in [2.24, 2.45) is 4.99 Å². The van der Waals surface area contributed by atoms with Crippen molar-refractivity contribution < 1.29 is 10.0 Å². The van der Waals surface area contributed by atoms with Gasteiger partial charge in [0.25, 0.3) is 0 Å². The Balaban J connectivity index is 1.64. The molecule has 2 N–H and O–H groups in total. The molecule has 1 unspecified atom stereocenters. The summed E-state index contributed by atoms with van der Waals surface area (Å²) in [4.78, 5) is 7.78. The lowest BCUT2D eigenvalue weighted by atomic mass is 10.2. The highest BCUT2D eigenvalue weighted by Gasteiger charge is 2.34. The Hall–Kier alpha value is -2.11. The third kappa shape index (κ3) is 3.10. The normalized spacial score (nSPS) is 19.2. The Bertz CT molecular complexity index is 903. The van der Waals surface area contributed by atoms with E-state index in [9.17, 15) is 5.11 Å². The first-order chi connectivity index (χ1) is 12.2. The van der Waals surface area contributed by atoms with E-state index in [4.69, 9.17) is 23.2 Å². The van der Waals surface area contributed by atoms with Crippen molar-refractivity contribution in [2.75, 3.05) is 11.6 Å². The fourth-order valence-electron chi connectivity index (χ4n) is 2.97. The Morgan fingerprint density at radius 2 is 1.92 bits per heavy atom. The minimum Gasteiger partial charge on any atom is -0.392 e. The van der Waals surface area contributed by atoms with E-state index < -0.39 is 0 Å². The van der Waals surface area contributed by atoms with Crippen molar-refractivity contribution in [3.05, 3.63) is 82.1 Å². The second-order valence-corrected chi connectivity index (χ2v) is 6.73. The molecule has 0 radical (unpaired) electrons. The number of amidine groups is 1. The van der Waals surface area contributed by atoms with Crippen LogP contribution in [0.2, 0.25) is 5.02 Å². The van der Waals surface area contributed by atoms with E-state index in [0.29, 0.717) is 16.8 Å². The molecule has 25 heavy (non-hydrogen) atoms. The van der Waals surface area contributed by atoms with E-state index in [1.165, 1.54) is 0 Å². The van der Waals surface area contributed by atoms with Crippen LogP contribution in [0.4, 0.5) is 5.69 Å². The topological polar surface area (TPSA) is 40.3 Å². The lowest BCUT2D eigenvalue weighted by Gasteiger charge is -2.27. The molecule has 0 spiro atoms. The Labute approximate surface area is 155 Å². The van der Waals surface area contributed by atoms with Gasteiger partial charge in [0, 0.05) is 28.5 Å². The minimum absolute atomic E-state index is 0.0239. The number of benzene rings is 2. The van der Waals surface area contributed by atoms with E-state index in [0.717, 1.165) is 33.2 Å². The van der Waals surface area contributed by atoms with Crippen LogP contribution in [0, 0.1) is 0 Å². The number of nitrogens with zero attached hydrogens (tertiary/aromatic N) is 2. The molecule has 126 valence electrons. The summed E-state index contributed by atoms with van der Waals surface area (Å²) >= 11 is 12.6.